The van der Waals surface area contributed by atoms with Crippen molar-refractivity contribution in [1.82, 2.24) is 10.2 Å². The molecule has 6 nitrogen and oxygen atoms in total. The number of ketones is 1. The lowest BCUT2D eigenvalue weighted by atomic mass is 9.67. The van der Waals surface area contributed by atoms with Crippen molar-refractivity contribution in [2.75, 3.05) is 7.05 Å². The predicted molar refractivity (Wildman–Crippen MR) is 83.9 cm³/mol. The lowest BCUT2D eigenvalue weighted by Crippen LogP contribution is -2.59. The lowest BCUT2D eigenvalue weighted by Gasteiger charge is -2.46. The molecule has 7 heteroatoms. The van der Waals surface area contributed by atoms with Gasteiger partial charge in [-0.2, -0.15) is 0 Å². The molecule has 2 heterocycles. The van der Waals surface area contributed by atoms with Gasteiger partial charge in [0, 0.05) is 35.8 Å². The molecule has 1 spiro atoms. The molecule has 3 amide bonds. The molecular weight excluding hydrogens is 364 g/mol. The molecule has 1 aliphatic carbocycles. The Morgan fingerprint density at radius 3 is 2.83 bits per heavy atom. The average Bonchev–Trinajstić information content (AvgIpc) is 2.75. The van der Waals surface area contributed by atoms with E-state index in [1.165, 1.54) is 7.05 Å². The Balaban J connectivity index is 1.96. The molecule has 3 unspecified atom stereocenters. The highest BCUT2D eigenvalue weighted by molar-refractivity contribution is 9.10. The Labute approximate surface area is 141 Å². The number of nitrogens with zero attached hydrogens (tertiary/aromatic N) is 1. The summed E-state index contributed by atoms with van der Waals surface area (Å²) in [7, 11) is 1.46. The summed E-state index contributed by atoms with van der Waals surface area (Å²) in [6.07, 6.45) is 0.989. The number of halogens is 1. The summed E-state index contributed by atoms with van der Waals surface area (Å²) in [6, 6.07) is 4.99. The first kappa shape index (κ1) is 14.7. The Morgan fingerprint density at radius 1 is 1.35 bits per heavy atom. The molecular formula is C16H15BrN2O4. The van der Waals surface area contributed by atoms with E-state index in [1.807, 2.05) is 6.07 Å². The van der Waals surface area contributed by atoms with Crippen LogP contribution in [0.1, 0.15) is 24.8 Å². The largest absolute Gasteiger partial charge is 0.490 e. The minimum absolute atomic E-state index is 0.101. The summed E-state index contributed by atoms with van der Waals surface area (Å²) in [5.41, 5.74) is -0.602. The van der Waals surface area contributed by atoms with Crippen LogP contribution in [0.4, 0.5) is 4.79 Å². The zero-order valence-electron chi connectivity index (χ0n) is 12.5. The Morgan fingerprint density at radius 2 is 2.13 bits per heavy atom. The highest BCUT2D eigenvalue weighted by atomic mass is 79.9. The first-order valence-electron chi connectivity index (χ1n) is 7.52. The van der Waals surface area contributed by atoms with Gasteiger partial charge in [0.05, 0.1) is 0 Å². The summed E-state index contributed by atoms with van der Waals surface area (Å²) in [6.45, 7) is 0. The molecule has 4 rings (SSSR count). The fourth-order valence-corrected chi connectivity index (χ4v) is 4.29. The zero-order chi connectivity index (χ0) is 16.4. The van der Waals surface area contributed by atoms with Gasteiger partial charge < -0.3 is 10.1 Å². The fourth-order valence-electron chi connectivity index (χ4n) is 3.93. The minimum Gasteiger partial charge on any atom is -0.490 e. The number of benzene rings is 1. The Hall–Kier alpha value is -1.89. The average molecular weight is 379 g/mol. The summed E-state index contributed by atoms with van der Waals surface area (Å²) in [5, 5.41) is 2.86. The number of hydrogen-bond acceptors (Lipinski definition) is 4. The van der Waals surface area contributed by atoms with Gasteiger partial charge in [-0.1, -0.05) is 15.9 Å². The van der Waals surface area contributed by atoms with Gasteiger partial charge in [0.1, 0.15) is 17.6 Å². The van der Waals surface area contributed by atoms with Crippen LogP contribution in [0.5, 0.6) is 5.75 Å². The van der Waals surface area contributed by atoms with Crippen molar-refractivity contribution in [3.05, 3.63) is 28.2 Å². The third-order valence-electron chi connectivity index (χ3n) is 5.06. The van der Waals surface area contributed by atoms with Crippen molar-refractivity contribution in [3.8, 4) is 5.75 Å². The molecule has 3 aliphatic rings. The quantitative estimate of drug-likeness (QED) is 0.700. The van der Waals surface area contributed by atoms with E-state index in [9.17, 15) is 14.4 Å². The van der Waals surface area contributed by atoms with Crippen molar-refractivity contribution in [2.45, 2.75) is 30.9 Å². The van der Waals surface area contributed by atoms with E-state index in [0.29, 0.717) is 24.2 Å². The maximum Gasteiger partial charge on any atom is 0.325 e. The second-order valence-electron chi connectivity index (χ2n) is 6.29. The minimum atomic E-state index is -1.22. The number of fused-ring (bicyclic) bond motifs is 4. The van der Waals surface area contributed by atoms with Crippen molar-refractivity contribution in [3.63, 3.8) is 0 Å². The van der Waals surface area contributed by atoms with E-state index in [2.05, 4.69) is 21.2 Å². The van der Waals surface area contributed by atoms with Gasteiger partial charge in [-0.05, 0) is 24.6 Å². The Kier molecular flexibility index (Phi) is 3.07. The summed E-state index contributed by atoms with van der Waals surface area (Å²) >= 11 is 3.41. The van der Waals surface area contributed by atoms with Crippen LogP contribution in [0.15, 0.2) is 22.7 Å². The molecule has 1 saturated carbocycles. The third kappa shape index (κ3) is 1.89. The number of nitrogens with one attached hydrogen (secondary N) is 1. The number of rotatable bonds is 0. The van der Waals surface area contributed by atoms with E-state index >= 15 is 0 Å². The number of amides is 3. The van der Waals surface area contributed by atoms with E-state index in [-0.39, 0.29) is 30.1 Å². The monoisotopic (exact) mass is 378 g/mol. The summed E-state index contributed by atoms with van der Waals surface area (Å²) in [4.78, 5) is 38.2. The van der Waals surface area contributed by atoms with Crippen molar-refractivity contribution < 1.29 is 19.1 Å². The van der Waals surface area contributed by atoms with Crippen molar-refractivity contribution in [2.24, 2.45) is 5.92 Å². The molecule has 23 heavy (non-hydrogen) atoms. The van der Waals surface area contributed by atoms with E-state index < -0.39 is 11.6 Å². The number of carbonyl (C=O) groups excluding carboxylic acids is 3. The maximum absolute atomic E-state index is 13.0. The lowest BCUT2D eigenvalue weighted by molar-refractivity contribution is -0.139. The molecule has 0 radical (unpaired) electrons. The second-order valence-corrected chi connectivity index (χ2v) is 7.20. The number of hydrogen-bond donors (Lipinski definition) is 1. The Bertz CT molecular complexity index is 750. The topological polar surface area (TPSA) is 75.7 Å². The molecule has 0 aromatic heterocycles. The van der Waals surface area contributed by atoms with Crippen LogP contribution in [0.2, 0.25) is 0 Å². The molecule has 1 aromatic carbocycles. The first-order valence-corrected chi connectivity index (χ1v) is 8.31. The van der Waals surface area contributed by atoms with Gasteiger partial charge in [0.2, 0.25) is 0 Å². The fraction of sp³-hybridized carbons (Fsp3) is 0.438. The number of imide groups is 1. The number of carbonyl (C=O) groups is 3. The second kappa shape index (κ2) is 4.80. The van der Waals surface area contributed by atoms with Crippen LogP contribution in [0.3, 0.4) is 0 Å². The summed E-state index contributed by atoms with van der Waals surface area (Å²) < 4.78 is 6.84. The van der Waals surface area contributed by atoms with Crippen LogP contribution in [0.25, 0.3) is 0 Å². The number of likely N-dealkylation sites (N-methyl/N-ethyl adjacent to an activating group) is 1. The SMILES string of the molecule is CN1C(=O)NC2(C1=O)c1cc(Br)ccc1OC1CCC(=O)CC12. The van der Waals surface area contributed by atoms with E-state index in [1.54, 1.807) is 12.1 Å². The smallest absolute Gasteiger partial charge is 0.325 e. The first-order chi connectivity index (χ1) is 10.9. The standard InChI is InChI=1S/C16H15BrN2O4/c1-19-14(21)16(18-15(19)22)10-6-8(17)2-4-12(10)23-13-5-3-9(20)7-11(13)16/h2,4,6,11,13H,3,5,7H2,1H3,(H,18,22). The molecule has 3 atom stereocenters. The molecule has 1 saturated heterocycles. The maximum atomic E-state index is 13.0. The van der Waals surface area contributed by atoms with Crippen LogP contribution in [0, 0.1) is 5.92 Å². The normalized spacial score (nSPS) is 32.4. The number of urea groups is 1. The molecule has 2 aliphatic heterocycles. The van der Waals surface area contributed by atoms with E-state index in [4.69, 9.17) is 4.74 Å². The molecule has 2 fully saturated rings. The number of Topliss-reactive ketones (excluding diaryl/α,β-unsaturated/α-hetero) is 1. The third-order valence-corrected chi connectivity index (χ3v) is 5.55. The van der Waals surface area contributed by atoms with Gasteiger partial charge in [-0.25, -0.2) is 4.79 Å². The van der Waals surface area contributed by atoms with Crippen LogP contribution < -0.4 is 10.1 Å². The van der Waals surface area contributed by atoms with Gasteiger partial charge in [-0.3, -0.25) is 14.5 Å². The molecule has 1 aromatic rings. The zero-order valence-corrected chi connectivity index (χ0v) is 14.1. The van der Waals surface area contributed by atoms with E-state index in [0.717, 1.165) is 9.37 Å². The van der Waals surface area contributed by atoms with Crippen molar-refractivity contribution >= 4 is 33.7 Å². The van der Waals surface area contributed by atoms with Crippen LogP contribution in [-0.4, -0.2) is 35.8 Å². The number of ether oxygens (including phenoxy) is 1. The van der Waals surface area contributed by atoms with Crippen LogP contribution >= 0.6 is 15.9 Å². The molecule has 0 bridgehead atoms. The highest BCUT2D eigenvalue weighted by Crippen LogP contribution is 2.50. The van der Waals surface area contributed by atoms with Crippen LogP contribution in [-0.2, 0) is 15.1 Å². The van der Waals surface area contributed by atoms with Gasteiger partial charge in [-0.15, -0.1) is 0 Å². The molecule has 120 valence electrons. The van der Waals surface area contributed by atoms with Gasteiger partial charge in [0.15, 0.2) is 5.54 Å². The van der Waals surface area contributed by atoms with Gasteiger partial charge >= 0.3 is 6.03 Å². The highest BCUT2D eigenvalue weighted by Gasteiger charge is 2.62. The molecule has 1 N–H and O–H groups in total. The predicted octanol–water partition coefficient (Wildman–Crippen LogP) is 1.96. The van der Waals surface area contributed by atoms with Gasteiger partial charge in [0.25, 0.3) is 5.91 Å². The van der Waals surface area contributed by atoms with Crippen molar-refractivity contribution in [1.29, 1.82) is 0 Å². The summed E-state index contributed by atoms with van der Waals surface area (Å²) in [5.74, 6) is -0.0150.